The quantitative estimate of drug-likeness (QED) is 0.843. The fraction of sp³-hybridized carbons (Fsp3) is 0.667. The summed E-state index contributed by atoms with van der Waals surface area (Å²) in [5.41, 5.74) is 1.87. The SMILES string of the molecule is COCC(=O)N1CCC2(CC1)C[C@@H](c1ccccc1)CN(C1CC1)C2. The van der Waals surface area contributed by atoms with Gasteiger partial charge >= 0.3 is 0 Å². The second kappa shape index (κ2) is 7.08. The van der Waals surface area contributed by atoms with Crippen LogP contribution in [0, 0.1) is 5.41 Å². The van der Waals surface area contributed by atoms with E-state index >= 15 is 0 Å². The smallest absolute Gasteiger partial charge is 0.248 e. The summed E-state index contributed by atoms with van der Waals surface area (Å²) in [6.45, 7) is 4.44. The summed E-state index contributed by atoms with van der Waals surface area (Å²) in [5.74, 6) is 0.781. The minimum atomic E-state index is 0.145. The number of carbonyl (C=O) groups is 1. The Morgan fingerprint density at radius 1 is 1.20 bits per heavy atom. The highest BCUT2D eigenvalue weighted by atomic mass is 16.5. The van der Waals surface area contributed by atoms with Gasteiger partial charge < -0.3 is 9.64 Å². The first-order valence-electron chi connectivity index (χ1n) is 9.75. The number of rotatable bonds is 4. The molecule has 4 nitrogen and oxygen atoms in total. The zero-order valence-electron chi connectivity index (χ0n) is 15.3. The van der Waals surface area contributed by atoms with E-state index in [2.05, 4.69) is 35.2 Å². The van der Waals surface area contributed by atoms with Crippen LogP contribution in [0.25, 0.3) is 0 Å². The van der Waals surface area contributed by atoms with E-state index < -0.39 is 0 Å². The molecule has 136 valence electrons. The molecule has 2 heterocycles. The molecule has 2 aliphatic heterocycles. The van der Waals surface area contributed by atoms with Crippen molar-refractivity contribution in [2.45, 2.75) is 44.1 Å². The summed E-state index contributed by atoms with van der Waals surface area (Å²) < 4.78 is 5.03. The van der Waals surface area contributed by atoms with Gasteiger partial charge in [0.2, 0.25) is 5.91 Å². The molecule has 3 fully saturated rings. The van der Waals surface area contributed by atoms with Gasteiger partial charge in [0.1, 0.15) is 6.61 Å². The highest BCUT2D eigenvalue weighted by Crippen LogP contribution is 2.47. The van der Waals surface area contributed by atoms with Crippen LogP contribution in [0.2, 0.25) is 0 Å². The van der Waals surface area contributed by atoms with Crippen molar-refractivity contribution >= 4 is 5.91 Å². The van der Waals surface area contributed by atoms with Crippen LogP contribution in [0.5, 0.6) is 0 Å². The van der Waals surface area contributed by atoms with E-state index in [0.29, 0.717) is 11.3 Å². The number of likely N-dealkylation sites (tertiary alicyclic amines) is 2. The molecule has 0 aromatic heterocycles. The third kappa shape index (κ3) is 3.75. The highest BCUT2D eigenvalue weighted by molar-refractivity contribution is 5.77. The van der Waals surface area contributed by atoms with Crippen molar-refractivity contribution in [1.82, 2.24) is 9.80 Å². The van der Waals surface area contributed by atoms with Crippen LogP contribution in [0.1, 0.15) is 43.6 Å². The van der Waals surface area contributed by atoms with Crippen molar-refractivity contribution in [2.24, 2.45) is 5.41 Å². The molecule has 3 aliphatic rings. The second-order valence-corrected chi connectivity index (χ2v) is 8.29. The molecule has 1 aromatic carbocycles. The van der Waals surface area contributed by atoms with Crippen molar-refractivity contribution in [2.75, 3.05) is 39.9 Å². The third-order valence-corrected chi connectivity index (χ3v) is 6.45. The van der Waals surface area contributed by atoms with E-state index in [1.807, 2.05) is 4.90 Å². The molecule has 25 heavy (non-hydrogen) atoms. The Balaban J connectivity index is 1.48. The maximum Gasteiger partial charge on any atom is 0.248 e. The predicted octanol–water partition coefficient (Wildman–Crippen LogP) is 2.89. The normalized spacial score (nSPS) is 26.8. The fourth-order valence-corrected chi connectivity index (χ4v) is 4.90. The van der Waals surface area contributed by atoms with Gasteiger partial charge in [-0.25, -0.2) is 0 Å². The van der Waals surface area contributed by atoms with Crippen molar-refractivity contribution in [3.05, 3.63) is 35.9 Å². The standard InChI is InChI=1S/C21H30N2O2/c1-25-15-20(24)22-11-9-21(10-12-22)13-18(17-5-3-2-4-6-17)14-23(16-21)19-7-8-19/h2-6,18-19H,7-16H2,1H3/t18-/m1/s1. The fourth-order valence-electron chi connectivity index (χ4n) is 4.90. The Morgan fingerprint density at radius 2 is 1.92 bits per heavy atom. The Morgan fingerprint density at radius 3 is 2.56 bits per heavy atom. The Labute approximate surface area is 151 Å². The second-order valence-electron chi connectivity index (χ2n) is 8.29. The maximum atomic E-state index is 12.1. The summed E-state index contributed by atoms with van der Waals surface area (Å²) in [5, 5.41) is 0. The van der Waals surface area contributed by atoms with E-state index in [1.165, 1.54) is 37.9 Å². The number of carbonyl (C=O) groups excluding carboxylic acids is 1. The lowest BCUT2D eigenvalue weighted by molar-refractivity contribution is -0.138. The number of methoxy groups -OCH3 is 1. The average molecular weight is 342 g/mol. The maximum absolute atomic E-state index is 12.1. The van der Waals surface area contributed by atoms with E-state index in [9.17, 15) is 4.79 Å². The van der Waals surface area contributed by atoms with Crippen LogP contribution < -0.4 is 0 Å². The molecule has 2 saturated heterocycles. The van der Waals surface area contributed by atoms with Gasteiger partial charge in [-0.15, -0.1) is 0 Å². The molecule has 1 aliphatic carbocycles. The van der Waals surface area contributed by atoms with Crippen LogP contribution in [-0.2, 0) is 9.53 Å². The van der Waals surface area contributed by atoms with E-state index in [-0.39, 0.29) is 12.5 Å². The van der Waals surface area contributed by atoms with Crippen LogP contribution in [0.3, 0.4) is 0 Å². The van der Waals surface area contributed by atoms with Crippen molar-refractivity contribution in [3.8, 4) is 0 Å². The molecular formula is C21H30N2O2. The first-order chi connectivity index (χ1) is 12.2. The number of amides is 1. The van der Waals surface area contributed by atoms with E-state index in [1.54, 1.807) is 7.11 Å². The van der Waals surface area contributed by atoms with Crippen LogP contribution >= 0.6 is 0 Å². The lowest BCUT2D eigenvalue weighted by Gasteiger charge is -2.50. The van der Waals surface area contributed by atoms with E-state index in [4.69, 9.17) is 4.74 Å². The largest absolute Gasteiger partial charge is 0.375 e. The molecule has 4 heteroatoms. The minimum absolute atomic E-state index is 0.145. The van der Waals surface area contributed by atoms with Gasteiger partial charge in [0, 0.05) is 39.3 Å². The van der Waals surface area contributed by atoms with Crippen LogP contribution in [0.15, 0.2) is 30.3 Å². The highest BCUT2D eigenvalue weighted by Gasteiger charge is 2.45. The van der Waals surface area contributed by atoms with Gasteiger partial charge in [0.25, 0.3) is 0 Å². The first-order valence-corrected chi connectivity index (χ1v) is 9.75. The van der Waals surface area contributed by atoms with Gasteiger partial charge in [-0.05, 0) is 49.0 Å². The lowest BCUT2D eigenvalue weighted by atomic mass is 9.68. The zero-order chi connectivity index (χ0) is 17.3. The Kier molecular flexibility index (Phi) is 4.83. The Bertz CT molecular complexity index is 591. The summed E-state index contributed by atoms with van der Waals surface area (Å²) in [6.07, 6.45) is 6.28. The van der Waals surface area contributed by atoms with E-state index in [0.717, 1.165) is 32.0 Å². The zero-order valence-corrected chi connectivity index (χ0v) is 15.3. The summed E-state index contributed by atoms with van der Waals surface area (Å²) in [6, 6.07) is 11.9. The van der Waals surface area contributed by atoms with Crippen molar-refractivity contribution in [3.63, 3.8) is 0 Å². The van der Waals surface area contributed by atoms with Crippen molar-refractivity contribution < 1.29 is 9.53 Å². The molecule has 0 radical (unpaired) electrons. The monoisotopic (exact) mass is 342 g/mol. The third-order valence-electron chi connectivity index (χ3n) is 6.45. The van der Waals surface area contributed by atoms with Crippen molar-refractivity contribution in [1.29, 1.82) is 0 Å². The number of benzene rings is 1. The molecule has 4 rings (SSSR count). The molecule has 1 amide bonds. The summed E-state index contributed by atoms with van der Waals surface area (Å²) in [4.78, 5) is 16.9. The molecule has 1 aromatic rings. The number of nitrogens with zero attached hydrogens (tertiary/aromatic N) is 2. The molecule has 0 bridgehead atoms. The minimum Gasteiger partial charge on any atom is -0.375 e. The number of hydrogen-bond acceptors (Lipinski definition) is 3. The van der Waals surface area contributed by atoms with Gasteiger partial charge in [0.15, 0.2) is 0 Å². The number of piperidine rings is 2. The molecule has 0 N–H and O–H groups in total. The Hall–Kier alpha value is -1.39. The molecule has 1 spiro atoms. The number of hydrogen-bond donors (Lipinski definition) is 0. The predicted molar refractivity (Wildman–Crippen MR) is 98.5 cm³/mol. The van der Waals surface area contributed by atoms with Crippen LogP contribution in [0.4, 0.5) is 0 Å². The van der Waals surface area contributed by atoms with Gasteiger partial charge in [-0.3, -0.25) is 9.69 Å². The van der Waals surface area contributed by atoms with Gasteiger partial charge in [-0.2, -0.15) is 0 Å². The lowest BCUT2D eigenvalue weighted by Crippen LogP contribution is -2.53. The number of ether oxygens (including phenoxy) is 1. The van der Waals surface area contributed by atoms with Gasteiger partial charge in [-0.1, -0.05) is 30.3 Å². The molecule has 0 unspecified atom stereocenters. The first kappa shape index (κ1) is 17.0. The topological polar surface area (TPSA) is 32.8 Å². The van der Waals surface area contributed by atoms with Gasteiger partial charge in [0.05, 0.1) is 0 Å². The molecule has 1 saturated carbocycles. The average Bonchev–Trinajstić information content (AvgIpc) is 3.48. The molecule has 1 atom stereocenters. The molecular weight excluding hydrogens is 312 g/mol. The summed E-state index contributed by atoms with van der Waals surface area (Å²) >= 11 is 0. The summed E-state index contributed by atoms with van der Waals surface area (Å²) in [7, 11) is 1.60. The van der Waals surface area contributed by atoms with Crippen LogP contribution in [-0.4, -0.2) is 61.6 Å².